The molecule has 6 rings (SSSR count). The van der Waals surface area contributed by atoms with Crippen LogP contribution in [-0.4, -0.2) is 56.0 Å². The van der Waals surface area contributed by atoms with Crippen molar-refractivity contribution >= 4 is 63.5 Å². The summed E-state index contributed by atoms with van der Waals surface area (Å²) in [5.74, 6) is 0.175. The maximum Gasteiger partial charge on any atom is 0.332 e. The Bertz CT molecular complexity index is 1440. The van der Waals surface area contributed by atoms with Crippen LogP contribution in [0.25, 0.3) is 10.9 Å². The van der Waals surface area contributed by atoms with Crippen molar-refractivity contribution in [2.45, 2.75) is 24.1 Å². The first-order chi connectivity index (χ1) is 17.4. The largest absolute Gasteiger partial charge is 0.496 e. The van der Waals surface area contributed by atoms with Gasteiger partial charge in [0.15, 0.2) is 0 Å². The number of rotatable bonds is 4. The van der Waals surface area contributed by atoms with Gasteiger partial charge in [-0.05, 0) is 17.4 Å². The van der Waals surface area contributed by atoms with Crippen LogP contribution in [0.15, 0.2) is 51.5 Å². The van der Waals surface area contributed by atoms with Gasteiger partial charge in [0.25, 0.3) is 5.91 Å². The Morgan fingerprint density at radius 3 is 2.92 bits per heavy atom. The number of imide groups is 1. The number of pyridine rings is 1. The molecule has 4 unspecified atom stereocenters. The highest BCUT2D eigenvalue weighted by Gasteiger charge is 2.52. The van der Waals surface area contributed by atoms with Crippen molar-refractivity contribution in [3.05, 3.63) is 51.5 Å². The van der Waals surface area contributed by atoms with Gasteiger partial charge in [-0.3, -0.25) is 14.5 Å². The average molecular weight is 543 g/mol. The minimum Gasteiger partial charge on any atom is -0.496 e. The molecule has 1 aliphatic carbocycles. The van der Waals surface area contributed by atoms with Crippen LogP contribution in [0.3, 0.4) is 0 Å². The van der Waals surface area contributed by atoms with Crippen molar-refractivity contribution in [2.24, 2.45) is 18.9 Å². The number of ether oxygens (including phenoxy) is 1. The number of carbonyl (C=O) groups excluding carboxylic acids is 2. The zero-order valence-electron chi connectivity index (χ0n) is 19.1. The number of anilines is 1. The van der Waals surface area contributed by atoms with Crippen LogP contribution >= 0.6 is 35.0 Å². The second-order valence-electron chi connectivity index (χ2n) is 8.98. The quantitative estimate of drug-likeness (QED) is 0.568. The average Bonchev–Trinajstić information content (AvgIpc) is 3.59. The normalized spacial score (nSPS) is 27.6. The lowest BCUT2D eigenvalue weighted by Gasteiger charge is -2.41. The van der Waals surface area contributed by atoms with Crippen LogP contribution in [0, 0.1) is 23.2 Å². The minimum atomic E-state index is -0.587. The molecule has 0 aromatic carbocycles. The smallest absolute Gasteiger partial charge is 0.332 e. The Morgan fingerprint density at radius 2 is 2.11 bits per heavy atom. The summed E-state index contributed by atoms with van der Waals surface area (Å²) in [6, 6.07) is 1.14. The third-order valence-electron chi connectivity index (χ3n) is 7.02. The molecular formula is C24H20Cl2N6O3S. The number of urea groups is 1. The third kappa shape index (κ3) is 3.44. The van der Waals surface area contributed by atoms with Crippen molar-refractivity contribution in [1.29, 1.82) is 5.26 Å². The standard InChI is InChI=1S/C24H20Cl2N6O3S/c1-30-20-12(10-29-30)9-28-11-17(20)32-23(33)22-16(31(24(32)34)5-2-4-27)8-18(36-22)19-13-3-6-35-21(13)15(26)7-14(19)25/h7-11,13,16,19,22H,2-3,5-6H2,1H3. The summed E-state index contributed by atoms with van der Waals surface area (Å²) in [6.07, 6.45) is 9.35. The fourth-order valence-electron chi connectivity index (χ4n) is 5.43. The zero-order chi connectivity index (χ0) is 25.1. The number of halogens is 2. The molecule has 5 heterocycles. The number of allylic oxidation sites excluding steroid dienone is 5. The SMILES string of the molecule is Cn1ncc2cncc(N3C(=O)C4SC(C5C(Cl)=CC(Cl)=C6OCCC65)=CC4N(CCC#N)C3=O)c21. The Morgan fingerprint density at radius 1 is 1.28 bits per heavy atom. The molecule has 0 N–H and O–H groups in total. The van der Waals surface area contributed by atoms with Gasteiger partial charge in [0.1, 0.15) is 11.0 Å². The highest BCUT2D eigenvalue weighted by molar-refractivity contribution is 8.04. The number of nitriles is 1. The number of fused-ring (bicyclic) bond motifs is 3. The molecule has 12 heteroatoms. The predicted molar refractivity (Wildman–Crippen MR) is 136 cm³/mol. The molecule has 2 saturated heterocycles. The number of aryl methyl sites for hydroxylation is 1. The summed E-state index contributed by atoms with van der Waals surface area (Å²) < 4.78 is 7.39. The molecule has 3 amide bonds. The van der Waals surface area contributed by atoms with Crippen molar-refractivity contribution in [1.82, 2.24) is 19.7 Å². The maximum atomic E-state index is 13.9. The van der Waals surface area contributed by atoms with E-state index in [4.69, 9.17) is 27.9 Å². The first kappa shape index (κ1) is 23.4. The molecule has 36 heavy (non-hydrogen) atoms. The van der Waals surface area contributed by atoms with Crippen LogP contribution in [0.1, 0.15) is 12.8 Å². The lowest BCUT2D eigenvalue weighted by Crippen LogP contribution is -2.62. The van der Waals surface area contributed by atoms with Crippen LogP contribution < -0.4 is 4.90 Å². The van der Waals surface area contributed by atoms with E-state index < -0.39 is 17.3 Å². The van der Waals surface area contributed by atoms with Crippen molar-refractivity contribution < 1.29 is 14.3 Å². The van der Waals surface area contributed by atoms with E-state index in [-0.39, 0.29) is 30.7 Å². The molecule has 2 aromatic rings. The van der Waals surface area contributed by atoms with E-state index in [1.807, 2.05) is 6.08 Å². The van der Waals surface area contributed by atoms with E-state index in [0.29, 0.717) is 27.9 Å². The summed E-state index contributed by atoms with van der Waals surface area (Å²) in [6.45, 7) is 0.744. The first-order valence-electron chi connectivity index (χ1n) is 11.5. The third-order valence-corrected chi connectivity index (χ3v) is 9.06. The zero-order valence-corrected chi connectivity index (χ0v) is 21.4. The first-order valence-corrected chi connectivity index (χ1v) is 13.1. The van der Waals surface area contributed by atoms with Gasteiger partial charge in [-0.2, -0.15) is 10.4 Å². The van der Waals surface area contributed by atoms with Crippen LogP contribution in [0.4, 0.5) is 10.5 Å². The topological polar surface area (TPSA) is 104 Å². The highest BCUT2D eigenvalue weighted by Crippen LogP contribution is 2.53. The van der Waals surface area contributed by atoms with E-state index >= 15 is 0 Å². The maximum absolute atomic E-state index is 13.9. The van der Waals surface area contributed by atoms with E-state index in [1.165, 1.54) is 22.9 Å². The highest BCUT2D eigenvalue weighted by atomic mass is 35.5. The number of thioether (sulfide) groups is 1. The summed E-state index contributed by atoms with van der Waals surface area (Å²) >= 11 is 14.5. The second-order valence-corrected chi connectivity index (χ2v) is 11.0. The van der Waals surface area contributed by atoms with Gasteiger partial charge in [-0.15, -0.1) is 11.8 Å². The van der Waals surface area contributed by atoms with E-state index in [9.17, 15) is 14.9 Å². The van der Waals surface area contributed by atoms with Gasteiger partial charge in [0.2, 0.25) is 0 Å². The molecule has 0 saturated carbocycles. The second kappa shape index (κ2) is 8.83. The minimum absolute atomic E-state index is 0.0178. The lowest BCUT2D eigenvalue weighted by atomic mass is 9.84. The van der Waals surface area contributed by atoms with Crippen LogP contribution in [0.5, 0.6) is 0 Å². The molecule has 4 atom stereocenters. The molecule has 2 fully saturated rings. The molecule has 4 aliphatic rings. The van der Waals surface area contributed by atoms with Gasteiger partial charge >= 0.3 is 6.03 Å². The Kier molecular flexibility index (Phi) is 5.74. The predicted octanol–water partition coefficient (Wildman–Crippen LogP) is 4.26. The van der Waals surface area contributed by atoms with E-state index in [0.717, 1.165) is 22.5 Å². The van der Waals surface area contributed by atoms with Crippen molar-refractivity contribution in [2.75, 3.05) is 18.1 Å². The monoisotopic (exact) mass is 542 g/mol. The van der Waals surface area contributed by atoms with Gasteiger partial charge in [-0.1, -0.05) is 29.3 Å². The van der Waals surface area contributed by atoms with Crippen molar-refractivity contribution in [3.8, 4) is 6.07 Å². The van der Waals surface area contributed by atoms with Gasteiger partial charge in [0.05, 0.1) is 53.8 Å². The number of hydrogen-bond donors (Lipinski definition) is 0. The van der Waals surface area contributed by atoms with Crippen LogP contribution in [0.2, 0.25) is 0 Å². The van der Waals surface area contributed by atoms with E-state index in [1.54, 1.807) is 35.1 Å². The molecule has 2 aromatic heterocycles. The molecule has 3 aliphatic heterocycles. The molecule has 0 bridgehead atoms. The number of amides is 3. The number of hydrogen-bond acceptors (Lipinski definition) is 7. The fourth-order valence-corrected chi connectivity index (χ4v) is 7.77. The van der Waals surface area contributed by atoms with Gasteiger partial charge in [0, 0.05) is 42.0 Å². The molecule has 9 nitrogen and oxygen atoms in total. The Hall–Kier alpha value is -3.00. The Labute approximate surface area is 220 Å². The molecule has 0 radical (unpaired) electrons. The summed E-state index contributed by atoms with van der Waals surface area (Å²) in [5.41, 5.74) is 1.00. The fraction of sp³-hybridized carbons (Fsp3) is 0.375. The van der Waals surface area contributed by atoms with E-state index in [2.05, 4.69) is 16.2 Å². The number of nitrogens with zero attached hydrogens (tertiary/aromatic N) is 6. The number of aromatic nitrogens is 3. The van der Waals surface area contributed by atoms with Gasteiger partial charge < -0.3 is 9.64 Å². The van der Waals surface area contributed by atoms with Gasteiger partial charge in [-0.25, -0.2) is 9.69 Å². The summed E-state index contributed by atoms with van der Waals surface area (Å²) in [5, 5.41) is 14.7. The molecule has 0 spiro atoms. The molecular weight excluding hydrogens is 523 g/mol. The van der Waals surface area contributed by atoms with Crippen molar-refractivity contribution in [3.63, 3.8) is 0 Å². The lowest BCUT2D eigenvalue weighted by molar-refractivity contribution is -0.119. The van der Waals surface area contributed by atoms with Crippen LogP contribution in [-0.2, 0) is 16.6 Å². The summed E-state index contributed by atoms with van der Waals surface area (Å²) in [7, 11) is 1.75. The molecule has 184 valence electrons. The summed E-state index contributed by atoms with van der Waals surface area (Å²) in [4.78, 5) is 35.6. The Balaban J connectivity index is 1.40. The number of carbonyl (C=O) groups is 2.